The Kier molecular flexibility index (Phi) is 7.28. The summed E-state index contributed by atoms with van der Waals surface area (Å²) in [6.45, 7) is 0. The number of aromatic hydroxyl groups is 4. The predicted octanol–water partition coefficient (Wildman–Crippen LogP) is 5.62. The molecule has 5 nitrogen and oxygen atoms in total. The summed E-state index contributed by atoms with van der Waals surface area (Å²) in [6.07, 6.45) is 1.86. The molecule has 0 aliphatic carbocycles. The number of aliphatic hydroxyl groups excluding tert-OH is 1. The van der Waals surface area contributed by atoms with Crippen LogP contribution in [-0.4, -0.2) is 31.6 Å². The number of benzene rings is 4. The highest BCUT2D eigenvalue weighted by Crippen LogP contribution is 2.44. The van der Waals surface area contributed by atoms with Gasteiger partial charge in [0, 0.05) is 5.41 Å². The number of aliphatic hydroxyl groups is 1. The summed E-state index contributed by atoms with van der Waals surface area (Å²) in [4.78, 5) is 0. The van der Waals surface area contributed by atoms with Crippen molar-refractivity contribution in [3.8, 4) is 23.0 Å². The topological polar surface area (TPSA) is 101 Å². The maximum Gasteiger partial charge on any atom is 0.115 e. The highest BCUT2D eigenvalue weighted by Gasteiger charge is 2.36. The first-order valence-electron chi connectivity index (χ1n) is 11.7. The maximum absolute atomic E-state index is 10.7. The van der Waals surface area contributed by atoms with E-state index in [2.05, 4.69) is 0 Å². The monoisotopic (exact) mass is 470 g/mol. The van der Waals surface area contributed by atoms with Crippen molar-refractivity contribution >= 4 is 0 Å². The minimum atomic E-state index is -0.632. The fourth-order valence-corrected chi connectivity index (χ4v) is 4.78. The van der Waals surface area contributed by atoms with E-state index < -0.39 is 11.5 Å². The van der Waals surface area contributed by atoms with Crippen molar-refractivity contribution in [3.63, 3.8) is 0 Å². The molecule has 0 aromatic heterocycles. The van der Waals surface area contributed by atoms with Crippen LogP contribution >= 0.6 is 0 Å². The van der Waals surface area contributed by atoms with E-state index in [1.807, 2.05) is 48.5 Å². The second kappa shape index (κ2) is 10.5. The zero-order valence-electron chi connectivity index (χ0n) is 19.4. The van der Waals surface area contributed by atoms with Crippen molar-refractivity contribution in [1.82, 2.24) is 0 Å². The second-order valence-electron chi connectivity index (χ2n) is 8.96. The van der Waals surface area contributed by atoms with E-state index >= 15 is 0 Å². The molecule has 0 aliphatic rings. The number of rotatable bonds is 9. The molecule has 4 aromatic rings. The van der Waals surface area contributed by atoms with E-state index in [1.165, 1.54) is 0 Å². The van der Waals surface area contributed by atoms with Gasteiger partial charge in [-0.05, 0) is 96.5 Å². The van der Waals surface area contributed by atoms with Crippen LogP contribution in [0.3, 0.4) is 0 Å². The van der Waals surface area contributed by atoms with Gasteiger partial charge in [-0.2, -0.15) is 0 Å². The van der Waals surface area contributed by atoms with Crippen LogP contribution in [0.2, 0.25) is 0 Å². The quantitative estimate of drug-likeness (QED) is 0.205. The normalized spacial score (nSPS) is 12.4. The molecule has 0 bridgehead atoms. The van der Waals surface area contributed by atoms with Crippen molar-refractivity contribution in [3.05, 3.63) is 119 Å². The molecular formula is C30H30O5. The highest BCUT2D eigenvalue weighted by atomic mass is 16.3. The molecule has 4 rings (SSSR count). The molecule has 1 unspecified atom stereocenters. The van der Waals surface area contributed by atoms with Gasteiger partial charge >= 0.3 is 0 Å². The van der Waals surface area contributed by atoms with E-state index in [0.717, 1.165) is 22.3 Å². The molecule has 0 amide bonds. The van der Waals surface area contributed by atoms with Crippen LogP contribution in [0.15, 0.2) is 97.1 Å². The third-order valence-corrected chi connectivity index (χ3v) is 6.58. The lowest BCUT2D eigenvalue weighted by atomic mass is 9.66. The zero-order valence-corrected chi connectivity index (χ0v) is 19.4. The van der Waals surface area contributed by atoms with Crippen LogP contribution in [0.5, 0.6) is 23.0 Å². The molecule has 180 valence electrons. The Hall–Kier alpha value is -3.96. The minimum Gasteiger partial charge on any atom is -0.508 e. The molecule has 0 fully saturated rings. The fraction of sp³-hybridized carbons (Fsp3) is 0.200. The molecule has 0 radical (unpaired) electrons. The van der Waals surface area contributed by atoms with Gasteiger partial charge < -0.3 is 25.5 Å². The summed E-state index contributed by atoms with van der Waals surface area (Å²) >= 11 is 0. The molecular weight excluding hydrogens is 440 g/mol. The molecule has 0 saturated carbocycles. The van der Waals surface area contributed by atoms with Crippen molar-refractivity contribution in [2.45, 2.75) is 37.2 Å². The SMILES string of the molecule is Oc1ccc(CC(O)CCCC(c2ccc(O)cc2)(c2ccc(O)cc2)c2ccc(O)cc2)cc1. The van der Waals surface area contributed by atoms with Crippen LogP contribution in [0.1, 0.15) is 41.5 Å². The van der Waals surface area contributed by atoms with E-state index in [4.69, 9.17) is 0 Å². The lowest BCUT2D eigenvalue weighted by molar-refractivity contribution is 0.159. The minimum absolute atomic E-state index is 0.170. The molecule has 4 aromatic carbocycles. The van der Waals surface area contributed by atoms with Crippen molar-refractivity contribution < 1.29 is 25.5 Å². The first kappa shape index (κ1) is 24.2. The molecule has 1 atom stereocenters. The predicted molar refractivity (Wildman–Crippen MR) is 136 cm³/mol. The van der Waals surface area contributed by atoms with Crippen LogP contribution < -0.4 is 0 Å². The van der Waals surface area contributed by atoms with E-state index in [9.17, 15) is 25.5 Å². The molecule has 0 heterocycles. The lowest BCUT2D eigenvalue weighted by Gasteiger charge is -2.36. The van der Waals surface area contributed by atoms with Crippen LogP contribution in [-0.2, 0) is 11.8 Å². The number of hydrogen-bond donors (Lipinski definition) is 5. The molecule has 5 heteroatoms. The first-order chi connectivity index (χ1) is 16.9. The molecule has 35 heavy (non-hydrogen) atoms. The van der Waals surface area contributed by atoms with Gasteiger partial charge in [0.1, 0.15) is 23.0 Å². The van der Waals surface area contributed by atoms with Gasteiger partial charge in [-0.15, -0.1) is 0 Å². The number of phenols is 4. The van der Waals surface area contributed by atoms with Gasteiger partial charge in [0.25, 0.3) is 0 Å². The van der Waals surface area contributed by atoms with E-state index in [1.54, 1.807) is 48.5 Å². The lowest BCUT2D eigenvalue weighted by Crippen LogP contribution is -2.30. The van der Waals surface area contributed by atoms with Crippen molar-refractivity contribution in [2.24, 2.45) is 0 Å². The Morgan fingerprint density at radius 1 is 0.514 bits per heavy atom. The van der Waals surface area contributed by atoms with Crippen LogP contribution in [0, 0.1) is 0 Å². The fourth-order valence-electron chi connectivity index (χ4n) is 4.78. The first-order valence-corrected chi connectivity index (χ1v) is 11.7. The van der Waals surface area contributed by atoms with Gasteiger partial charge in [0.2, 0.25) is 0 Å². The summed E-state index contributed by atoms with van der Waals surface area (Å²) in [5.41, 5.74) is 3.20. The molecule has 0 spiro atoms. The highest BCUT2D eigenvalue weighted by molar-refractivity contribution is 5.52. The molecule has 5 N–H and O–H groups in total. The van der Waals surface area contributed by atoms with Gasteiger partial charge in [-0.25, -0.2) is 0 Å². The number of hydrogen-bond acceptors (Lipinski definition) is 5. The smallest absolute Gasteiger partial charge is 0.115 e. The van der Waals surface area contributed by atoms with Gasteiger partial charge in [-0.3, -0.25) is 0 Å². The standard InChI is InChI=1S/C30H30O5/c31-25-11-3-21(4-12-25)20-29(35)2-1-19-30(22-5-13-26(32)14-6-22,23-7-15-27(33)16-8-23)24-9-17-28(34)18-10-24/h3-18,29,31-35H,1-2,19-20H2. The van der Waals surface area contributed by atoms with Crippen molar-refractivity contribution in [2.75, 3.05) is 0 Å². The Bertz CT molecular complexity index is 1100. The third kappa shape index (κ3) is 5.58. The Labute approximate surface area is 205 Å². The average molecular weight is 471 g/mol. The summed E-state index contributed by atoms with van der Waals surface area (Å²) in [5.74, 6) is 0.708. The van der Waals surface area contributed by atoms with Gasteiger partial charge in [0.05, 0.1) is 6.10 Å². The Morgan fingerprint density at radius 2 is 0.857 bits per heavy atom. The van der Waals surface area contributed by atoms with E-state index in [-0.39, 0.29) is 23.0 Å². The summed E-state index contributed by atoms with van der Waals surface area (Å²) in [5, 5.41) is 50.0. The second-order valence-corrected chi connectivity index (χ2v) is 8.96. The zero-order chi connectivity index (χ0) is 24.8. The van der Waals surface area contributed by atoms with Gasteiger partial charge in [0.15, 0.2) is 0 Å². The van der Waals surface area contributed by atoms with Crippen LogP contribution in [0.25, 0.3) is 0 Å². The summed E-state index contributed by atoms with van der Waals surface area (Å²) in [6, 6.07) is 28.1. The largest absolute Gasteiger partial charge is 0.508 e. The third-order valence-electron chi connectivity index (χ3n) is 6.58. The van der Waals surface area contributed by atoms with Crippen LogP contribution in [0.4, 0.5) is 0 Å². The van der Waals surface area contributed by atoms with Crippen molar-refractivity contribution in [1.29, 1.82) is 0 Å². The summed E-state index contributed by atoms with van der Waals surface area (Å²) < 4.78 is 0. The molecule has 0 saturated heterocycles. The maximum atomic E-state index is 10.7. The summed E-state index contributed by atoms with van der Waals surface area (Å²) in [7, 11) is 0. The molecule has 0 aliphatic heterocycles. The van der Waals surface area contributed by atoms with Gasteiger partial charge in [-0.1, -0.05) is 48.5 Å². The average Bonchev–Trinajstić information content (AvgIpc) is 2.85. The Morgan fingerprint density at radius 3 is 1.23 bits per heavy atom. The number of phenolic OH excluding ortho intramolecular Hbond substituents is 4. The van der Waals surface area contributed by atoms with E-state index in [0.29, 0.717) is 25.7 Å². The Balaban J connectivity index is 1.68.